The van der Waals surface area contributed by atoms with Gasteiger partial charge in [-0.2, -0.15) is 0 Å². The maximum atomic E-state index is 12.2. The van der Waals surface area contributed by atoms with Crippen molar-refractivity contribution in [3.05, 3.63) is 0 Å². The predicted molar refractivity (Wildman–Crippen MR) is 78.9 cm³/mol. The van der Waals surface area contributed by atoms with Crippen LogP contribution in [-0.2, 0) is 13.6 Å². The zero-order chi connectivity index (χ0) is 15.4. The lowest BCUT2D eigenvalue weighted by Crippen LogP contribution is -2.29. The summed E-state index contributed by atoms with van der Waals surface area (Å²) in [6.07, 6.45) is -0.563. The molecule has 0 heterocycles. The molecule has 0 aliphatic carbocycles. The Morgan fingerprint density at radius 3 is 1.05 bits per heavy atom. The van der Waals surface area contributed by atoms with Crippen LogP contribution in [0.25, 0.3) is 0 Å². The molecule has 0 bridgehead atoms. The Balaban J connectivity index is 4.82. The molecule has 19 heavy (non-hydrogen) atoms. The molecule has 0 aliphatic heterocycles. The number of rotatable bonds is 8. The van der Waals surface area contributed by atoms with Gasteiger partial charge >= 0.3 is 7.82 Å². The van der Waals surface area contributed by atoms with Crippen LogP contribution in [0.3, 0.4) is 0 Å². The van der Waals surface area contributed by atoms with Gasteiger partial charge in [-0.15, -0.1) is 0 Å². The minimum atomic E-state index is -4.02. The average molecular weight is 294 g/mol. The standard InChI is InChI=1S/C14H31O4P/c1-9(2)13(10(3)4)17-19(15,16)18-14(11(5)6)12(7)8/h9-14H,1-8H3,(H,15,16). The molecule has 0 saturated heterocycles. The molecule has 4 nitrogen and oxygen atoms in total. The molecule has 5 heteroatoms. The van der Waals surface area contributed by atoms with Crippen LogP contribution in [0.2, 0.25) is 0 Å². The second kappa shape index (κ2) is 7.78. The van der Waals surface area contributed by atoms with Crippen molar-refractivity contribution in [3.8, 4) is 0 Å². The van der Waals surface area contributed by atoms with E-state index in [0.29, 0.717) is 0 Å². The molecule has 0 radical (unpaired) electrons. The lowest BCUT2D eigenvalue weighted by atomic mass is 9.97. The fourth-order valence-electron chi connectivity index (χ4n) is 2.36. The van der Waals surface area contributed by atoms with Gasteiger partial charge in [0.15, 0.2) is 0 Å². The van der Waals surface area contributed by atoms with Gasteiger partial charge in [-0.3, -0.25) is 9.05 Å². The van der Waals surface area contributed by atoms with Crippen molar-refractivity contribution in [2.45, 2.75) is 67.6 Å². The predicted octanol–water partition coefficient (Wildman–Crippen LogP) is 4.48. The van der Waals surface area contributed by atoms with Gasteiger partial charge in [-0.25, -0.2) is 4.57 Å². The largest absolute Gasteiger partial charge is 0.472 e. The molecule has 0 aliphatic rings. The zero-order valence-electron chi connectivity index (χ0n) is 13.6. The lowest BCUT2D eigenvalue weighted by molar-refractivity contribution is 0.0104. The van der Waals surface area contributed by atoms with Crippen LogP contribution < -0.4 is 0 Å². The number of hydrogen-bond donors (Lipinski definition) is 1. The van der Waals surface area contributed by atoms with E-state index in [1.54, 1.807) is 0 Å². The van der Waals surface area contributed by atoms with Crippen LogP contribution >= 0.6 is 7.82 Å². The Morgan fingerprint density at radius 2 is 0.895 bits per heavy atom. The summed E-state index contributed by atoms with van der Waals surface area (Å²) < 4.78 is 22.9. The Kier molecular flexibility index (Phi) is 7.82. The topological polar surface area (TPSA) is 55.8 Å². The normalized spacial score (nSPS) is 13.8. The van der Waals surface area contributed by atoms with Crippen LogP contribution in [0.4, 0.5) is 0 Å². The Hall–Kier alpha value is 0.110. The number of phosphoric acid groups is 1. The summed E-state index contributed by atoms with van der Waals surface area (Å²) in [6, 6.07) is 0. The van der Waals surface area contributed by atoms with E-state index in [0.717, 1.165) is 0 Å². The molecule has 0 fully saturated rings. The van der Waals surface area contributed by atoms with Crippen LogP contribution in [-0.4, -0.2) is 17.1 Å². The van der Waals surface area contributed by atoms with E-state index in [-0.39, 0.29) is 35.9 Å². The summed E-state index contributed by atoms with van der Waals surface area (Å²) in [4.78, 5) is 9.96. The third-order valence-corrected chi connectivity index (χ3v) is 4.16. The highest BCUT2D eigenvalue weighted by Crippen LogP contribution is 2.49. The molecule has 0 amide bonds. The minimum Gasteiger partial charge on any atom is -0.302 e. The molecule has 0 aromatic rings. The third-order valence-electron chi connectivity index (χ3n) is 3.14. The van der Waals surface area contributed by atoms with Crippen molar-refractivity contribution in [1.82, 2.24) is 0 Å². The van der Waals surface area contributed by atoms with E-state index >= 15 is 0 Å². The monoisotopic (exact) mass is 294 g/mol. The molecule has 0 aromatic heterocycles. The van der Waals surface area contributed by atoms with Crippen molar-refractivity contribution in [3.63, 3.8) is 0 Å². The fraction of sp³-hybridized carbons (Fsp3) is 1.00. The van der Waals surface area contributed by atoms with Crippen LogP contribution in [0, 0.1) is 23.7 Å². The zero-order valence-corrected chi connectivity index (χ0v) is 14.5. The molecule has 0 atom stereocenters. The van der Waals surface area contributed by atoms with E-state index in [2.05, 4.69) is 0 Å². The van der Waals surface area contributed by atoms with E-state index in [4.69, 9.17) is 9.05 Å². The third kappa shape index (κ3) is 6.89. The Morgan fingerprint density at radius 1 is 0.684 bits per heavy atom. The van der Waals surface area contributed by atoms with E-state index in [1.807, 2.05) is 55.4 Å². The van der Waals surface area contributed by atoms with E-state index < -0.39 is 7.82 Å². The highest BCUT2D eigenvalue weighted by atomic mass is 31.2. The van der Waals surface area contributed by atoms with Crippen molar-refractivity contribution >= 4 is 7.82 Å². The average Bonchev–Trinajstić information content (AvgIpc) is 2.21. The van der Waals surface area contributed by atoms with Gasteiger partial charge in [0.25, 0.3) is 0 Å². The van der Waals surface area contributed by atoms with E-state index in [9.17, 15) is 9.46 Å². The maximum absolute atomic E-state index is 12.2. The molecular formula is C14H31O4P. The van der Waals surface area contributed by atoms with Gasteiger partial charge in [0.2, 0.25) is 0 Å². The first-order valence-electron chi connectivity index (χ1n) is 7.17. The molecule has 0 aromatic carbocycles. The van der Waals surface area contributed by atoms with Gasteiger partial charge in [-0.05, 0) is 23.7 Å². The lowest BCUT2D eigenvalue weighted by Gasteiger charge is -2.31. The quantitative estimate of drug-likeness (QED) is 0.670. The molecule has 0 rings (SSSR count). The summed E-state index contributed by atoms with van der Waals surface area (Å²) in [5.74, 6) is 0.669. The highest BCUT2D eigenvalue weighted by Gasteiger charge is 2.34. The van der Waals surface area contributed by atoms with Gasteiger partial charge in [0.05, 0.1) is 12.2 Å². The first kappa shape index (κ1) is 19.1. The van der Waals surface area contributed by atoms with Gasteiger partial charge in [-0.1, -0.05) is 55.4 Å². The van der Waals surface area contributed by atoms with Gasteiger partial charge in [0, 0.05) is 0 Å². The first-order chi connectivity index (χ1) is 8.48. The minimum absolute atomic E-state index is 0.167. The summed E-state index contributed by atoms with van der Waals surface area (Å²) >= 11 is 0. The van der Waals surface area contributed by atoms with Crippen molar-refractivity contribution in [2.75, 3.05) is 0 Å². The van der Waals surface area contributed by atoms with Crippen molar-refractivity contribution < 1.29 is 18.5 Å². The summed E-state index contributed by atoms with van der Waals surface area (Å²) in [7, 11) is -4.02. The first-order valence-corrected chi connectivity index (χ1v) is 8.67. The van der Waals surface area contributed by atoms with Crippen molar-refractivity contribution in [1.29, 1.82) is 0 Å². The van der Waals surface area contributed by atoms with Crippen molar-refractivity contribution in [2.24, 2.45) is 23.7 Å². The SMILES string of the molecule is CC(C)C(OP(=O)(O)OC(C(C)C)C(C)C)C(C)C. The molecular weight excluding hydrogens is 263 g/mol. The van der Waals surface area contributed by atoms with Crippen LogP contribution in [0.1, 0.15) is 55.4 Å². The fourth-order valence-corrected chi connectivity index (χ4v) is 4.00. The number of hydrogen-bond acceptors (Lipinski definition) is 3. The maximum Gasteiger partial charge on any atom is 0.472 e. The highest BCUT2D eigenvalue weighted by molar-refractivity contribution is 7.47. The summed E-state index contributed by atoms with van der Waals surface area (Å²) in [5.41, 5.74) is 0. The number of phosphoric ester groups is 1. The summed E-state index contributed by atoms with van der Waals surface area (Å²) in [5, 5.41) is 0. The smallest absolute Gasteiger partial charge is 0.302 e. The Bertz CT molecular complexity index is 258. The van der Waals surface area contributed by atoms with Crippen LogP contribution in [0.5, 0.6) is 0 Å². The van der Waals surface area contributed by atoms with Gasteiger partial charge < -0.3 is 4.89 Å². The summed E-state index contributed by atoms with van der Waals surface area (Å²) in [6.45, 7) is 15.8. The molecule has 116 valence electrons. The Labute approximate surface area is 118 Å². The molecule has 0 unspecified atom stereocenters. The second-order valence-electron chi connectivity index (χ2n) is 6.58. The molecule has 0 spiro atoms. The second-order valence-corrected chi connectivity index (χ2v) is 7.94. The van der Waals surface area contributed by atoms with E-state index in [1.165, 1.54) is 0 Å². The molecule has 1 N–H and O–H groups in total. The molecule has 0 saturated carbocycles. The van der Waals surface area contributed by atoms with Gasteiger partial charge in [0.1, 0.15) is 0 Å². The van der Waals surface area contributed by atoms with Crippen LogP contribution in [0.15, 0.2) is 0 Å².